The monoisotopic (exact) mass is 351 g/mol. The second-order valence-electron chi connectivity index (χ2n) is 7.38. The number of hydrogen-bond donors (Lipinski definition) is 1. The van der Waals surface area contributed by atoms with Crippen LogP contribution in [0.2, 0.25) is 0 Å². The lowest BCUT2D eigenvalue weighted by Gasteiger charge is -2.37. The highest BCUT2D eigenvalue weighted by atomic mass is 16.3. The first-order valence-corrected chi connectivity index (χ1v) is 9.07. The van der Waals surface area contributed by atoms with Crippen LogP contribution in [-0.2, 0) is 6.54 Å². The third-order valence-corrected chi connectivity index (χ3v) is 5.24. The molecule has 4 rings (SSSR count). The number of imidazole rings is 1. The molecule has 0 aliphatic carbocycles. The van der Waals surface area contributed by atoms with Crippen molar-refractivity contribution in [2.24, 2.45) is 0 Å². The largest absolute Gasteiger partial charge is 0.388 e. The van der Waals surface area contributed by atoms with Gasteiger partial charge in [-0.05, 0) is 45.0 Å². The molecule has 0 amide bonds. The summed E-state index contributed by atoms with van der Waals surface area (Å²) in [4.78, 5) is 6.87. The van der Waals surface area contributed by atoms with E-state index in [0.29, 0.717) is 6.54 Å². The van der Waals surface area contributed by atoms with Crippen molar-refractivity contribution < 1.29 is 5.11 Å². The van der Waals surface area contributed by atoms with E-state index in [1.165, 1.54) is 5.56 Å². The summed E-state index contributed by atoms with van der Waals surface area (Å²) in [6.07, 6.45) is 9.04. The van der Waals surface area contributed by atoms with Gasteiger partial charge >= 0.3 is 0 Å². The first-order valence-electron chi connectivity index (χ1n) is 9.07. The van der Waals surface area contributed by atoms with Crippen LogP contribution in [0.4, 0.5) is 0 Å². The highest BCUT2D eigenvalue weighted by Gasteiger charge is 2.32. The summed E-state index contributed by atoms with van der Waals surface area (Å²) in [5.41, 5.74) is 2.50. The average Bonchev–Trinajstić information content (AvgIpc) is 3.29. The average molecular weight is 351 g/mol. The van der Waals surface area contributed by atoms with Crippen LogP contribution in [0.1, 0.15) is 18.4 Å². The standard InChI is InChI=1S/C20H25N5O/c1-16-4-5-18(25-10-3-8-22-25)17(14-16)19-21-9-13-24(19)15-20(26)6-11-23(2)12-7-20/h3-5,8-10,13-14,26H,6-7,11-12,15H2,1-2H3. The topological polar surface area (TPSA) is 59.1 Å². The molecule has 0 unspecified atom stereocenters. The van der Waals surface area contributed by atoms with Crippen LogP contribution in [0.25, 0.3) is 17.1 Å². The number of nitrogens with zero attached hydrogens (tertiary/aromatic N) is 5. The van der Waals surface area contributed by atoms with Gasteiger partial charge in [-0.3, -0.25) is 0 Å². The number of aryl methyl sites for hydroxylation is 1. The minimum absolute atomic E-state index is 0.558. The molecule has 3 aromatic rings. The van der Waals surface area contributed by atoms with Crippen molar-refractivity contribution in [1.82, 2.24) is 24.2 Å². The van der Waals surface area contributed by atoms with Gasteiger partial charge in [-0.15, -0.1) is 0 Å². The highest BCUT2D eigenvalue weighted by Crippen LogP contribution is 2.30. The van der Waals surface area contributed by atoms with Gasteiger partial charge in [-0.1, -0.05) is 11.6 Å². The van der Waals surface area contributed by atoms with Gasteiger partial charge in [-0.2, -0.15) is 5.10 Å². The van der Waals surface area contributed by atoms with E-state index in [9.17, 15) is 5.11 Å². The lowest BCUT2D eigenvalue weighted by Crippen LogP contribution is -2.45. The molecule has 1 saturated heterocycles. The second kappa shape index (κ2) is 6.70. The van der Waals surface area contributed by atoms with Crippen LogP contribution in [-0.4, -0.2) is 55.1 Å². The smallest absolute Gasteiger partial charge is 0.142 e. The molecule has 1 fully saturated rings. The van der Waals surface area contributed by atoms with Gasteiger partial charge in [0.25, 0.3) is 0 Å². The molecule has 0 radical (unpaired) electrons. The predicted octanol–water partition coefficient (Wildman–Crippen LogP) is 2.50. The first kappa shape index (κ1) is 17.0. The molecule has 6 nitrogen and oxygen atoms in total. The Hall–Kier alpha value is -2.44. The van der Waals surface area contributed by atoms with Crippen LogP contribution in [0.3, 0.4) is 0 Å². The molecule has 136 valence electrons. The van der Waals surface area contributed by atoms with Gasteiger partial charge in [0, 0.05) is 43.4 Å². The van der Waals surface area contributed by atoms with E-state index in [0.717, 1.165) is 43.0 Å². The molecule has 1 N–H and O–H groups in total. The van der Waals surface area contributed by atoms with Crippen LogP contribution in [0, 0.1) is 6.92 Å². The van der Waals surface area contributed by atoms with E-state index in [1.807, 2.05) is 29.3 Å². The maximum Gasteiger partial charge on any atom is 0.142 e. The predicted molar refractivity (Wildman–Crippen MR) is 101 cm³/mol. The molecule has 26 heavy (non-hydrogen) atoms. The third-order valence-electron chi connectivity index (χ3n) is 5.24. The van der Waals surface area contributed by atoms with Gasteiger partial charge in [0.05, 0.1) is 17.8 Å². The SMILES string of the molecule is Cc1ccc(-n2cccn2)c(-c2nccn2CC2(O)CCN(C)CC2)c1. The number of rotatable bonds is 4. The molecule has 2 aromatic heterocycles. The summed E-state index contributed by atoms with van der Waals surface area (Å²) in [5.74, 6) is 0.867. The van der Waals surface area contributed by atoms with E-state index in [1.54, 1.807) is 6.20 Å². The molecular formula is C20H25N5O. The van der Waals surface area contributed by atoms with Crippen molar-refractivity contribution in [2.45, 2.75) is 31.9 Å². The Balaban J connectivity index is 1.70. The summed E-state index contributed by atoms with van der Waals surface area (Å²) < 4.78 is 3.94. The van der Waals surface area contributed by atoms with Crippen molar-refractivity contribution in [3.05, 3.63) is 54.6 Å². The first-order chi connectivity index (χ1) is 12.5. The summed E-state index contributed by atoms with van der Waals surface area (Å²) >= 11 is 0. The normalized spacial score (nSPS) is 17.5. The Morgan fingerprint density at radius 1 is 1.15 bits per heavy atom. The Labute approximate surface area is 153 Å². The maximum absolute atomic E-state index is 11.0. The van der Waals surface area contributed by atoms with Gasteiger partial charge in [0.1, 0.15) is 5.82 Å². The Bertz CT molecular complexity index is 876. The summed E-state index contributed by atoms with van der Waals surface area (Å²) in [7, 11) is 2.10. The zero-order valence-corrected chi connectivity index (χ0v) is 15.3. The molecule has 1 aromatic carbocycles. The van der Waals surface area contributed by atoms with Crippen LogP contribution in [0.5, 0.6) is 0 Å². The zero-order valence-electron chi connectivity index (χ0n) is 15.3. The van der Waals surface area contributed by atoms with Crippen LogP contribution < -0.4 is 0 Å². The molecule has 0 spiro atoms. The van der Waals surface area contributed by atoms with Crippen molar-refractivity contribution in [2.75, 3.05) is 20.1 Å². The zero-order chi connectivity index (χ0) is 18.1. The Morgan fingerprint density at radius 3 is 2.69 bits per heavy atom. The van der Waals surface area contributed by atoms with Crippen molar-refractivity contribution in [3.63, 3.8) is 0 Å². The van der Waals surface area contributed by atoms with Gasteiger partial charge in [0.2, 0.25) is 0 Å². The number of aliphatic hydroxyl groups is 1. The fourth-order valence-electron chi connectivity index (χ4n) is 3.63. The molecule has 0 bridgehead atoms. The number of piperidine rings is 1. The number of hydrogen-bond acceptors (Lipinski definition) is 4. The highest BCUT2D eigenvalue weighted by molar-refractivity contribution is 5.68. The Kier molecular flexibility index (Phi) is 4.38. The van der Waals surface area contributed by atoms with Gasteiger partial charge in [-0.25, -0.2) is 9.67 Å². The third kappa shape index (κ3) is 3.30. The summed E-state index contributed by atoms with van der Waals surface area (Å²) in [6, 6.07) is 8.20. The number of likely N-dealkylation sites (tertiary alicyclic amines) is 1. The van der Waals surface area contributed by atoms with Crippen molar-refractivity contribution in [3.8, 4) is 17.1 Å². The molecule has 1 aliphatic rings. The second-order valence-corrected chi connectivity index (χ2v) is 7.38. The van der Waals surface area contributed by atoms with Crippen LogP contribution >= 0.6 is 0 Å². The quantitative estimate of drug-likeness (QED) is 0.785. The molecule has 0 atom stereocenters. The fraction of sp³-hybridized carbons (Fsp3) is 0.400. The van der Waals surface area contributed by atoms with Gasteiger partial charge < -0.3 is 14.6 Å². The van der Waals surface area contributed by atoms with Crippen LogP contribution in [0.15, 0.2) is 49.1 Å². The Morgan fingerprint density at radius 2 is 1.96 bits per heavy atom. The molecule has 6 heteroatoms. The molecular weight excluding hydrogens is 326 g/mol. The van der Waals surface area contributed by atoms with E-state index in [-0.39, 0.29) is 0 Å². The summed E-state index contributed by atoms with van der Waals surface area (Å²) in [5, 5.41) is 15.4. The van der Waals surface area contributed by atoms with Crippen molar-refractivity contribution in [1.29, 1.82) is 0 Å². The molecule has 0 saturated carbocycles. The number of benzene rings is 1. The lowest BCUT2D eigenvalue weighted by atomic mass is 9.91. The van der Waals surface area contributed by atoms with E-state index < -0.39 is 5.60 Å². The fourth-order valence-corrected chi connectivity index (χ4v) is 3.63. The molecule has 3 heterocycles. The van der Waals surface area contributed by atoms with E-state index in [4.69, 9.17) is 0 Å². The number of aromatic nitrogens is 4. The van der Waals surface area contributed by atoms with Gasteiger partial charge in [0.15, 0.2) is 0 Å². The minimum Gasteiger partial charge on any atom is -0.388 e. The lowest BCUT2D eigenvalue weighted by molar-refractivity contribution is -0.0287. The van der Waals surface area contributed by atoms with E-state index in [2.05, 4.69) is 51.7 Å². The summed E-state index contributed by atoms with van der Waals surface area (Å²) in [6.45, 7) is 4.48. The van der Waals surface area contributed by atoms with E-state index >= 15 is 0 Å². The minimum atomic E-state index is -0.683. The van der Waals surface area contributed by atoms with Crippen molar-refractivity contribution >= 4 is 0 Å². The maximum atomic E-state index is 11.0. The molecule has 1 aliphatic heterocycles.